The van der Waals surface area contributed by atoms with E-state index >= 15 is 0 Å². The molecular formula is C12H15IN2O4S. The van der Waals surface area contributed by atoms with Crippen LogP contribution in [0.4, 0.5) is 0 Å². The number of nitrogens with two attached hydrogens (primary N) is 1. The minimum absolute atomic E-state index is 0.000357. The van der Waals surface area contributed by atoms with Gasteiger partial charge in [0.1, 0.15) is 0 Å². The van der Waals surface area contributed by atoms with Crippen molar-refractivity contribution in [3.05, 3.63) is 27.3 Å². The average molecular weight is 410 g/mol. The van der Waals surface area contributed by atoms with E-state index in [4.69, 9.17) is 10.8 Å². The summed E-state index contributed by atoms with van der Waals surface area (Å²) in [7, 11) is -3.65. The van der Waals surface area contributed by atoms with Crippen LogP contribution < -0.4 is 5.73 Å². The molecule has 0 atom stereocenters. The third-order valence-corrected chi connectivity index (χ3v) is 6.14. The lowest BCUT2D eigenvalue weighted by Gasteiger charge is -2.29. The Morgan fingerprint density at radius 2 is 1.95 bits per heavy atom. The van der Waals surface area contributed by atoms with E-state index in [0.29, 0.717) is 29.5 Å². The van der Waals surface area contributed by atoms with Gasteiger partial charge in [-0.1, -0.05) is 0 Å². The summed E-state index contributed by atoms with van der Waals surface area (Å²) in [4.78, 5) is 11.1. The quantitative estimate of drug-likeness (QED) is 0.727. The molecule has 20 heavy (non-hydrogen) atoms. The molecule has 0 aliphatic carbocycles. The number of hydrogen-bond donors (Lipinski definition) is 2. The first-order valence-electron chi connectivity index (χ1n) is 6.11. The van der Waals surface area contributed by atoms with Crippen molar-refractivity contribution in [3.8, 4) is 0 Å². The van der Waals surface area contributed by atoms with Gasteiger partial charge in [-0.05, 0) is 53.6 Å². The van der Waals surface area contributed by atoms with Gasteiger partial charge in [-0.2, -0.15) is 4.31 Å². The van der Waals surface area contributed by atoms with Gasteiger partial charge in [0.15, 0.2) is 0 Å². The van der Waals surface area contributed by atoms with E-state index in [-0.39, 0.29) is 16.5 Å². The van der Waals surface area contributed by atoms with Crippen LogP contribution in [0.25, 0.3) is 0 Å². The lowest BCUT2D eigenvalue weighted by molar-refractivity contribution is 0.0695. The summed E-state index contributed by atoms with van der Waals surface area (Å²) in [5.74, 6) is -1.13. The summed E-state index contributed by atoms with van der Waals surface area (Å²) >= 11 is 1.87. The van der Waals surface area contributed by atoms with E-state index < -0.39 is 16.0 Å². The molecule has 6 nitrogen and oxygen atoms in total. The number of halogens is 1. The molecule has 0 spiro atoms. The number of piperidine rings is 1. The predicted octanol–water partition coefficient (Wildman–Crippen LogP) is 1.10. The van der Waals surface area contributed by atoms with Gasteiger partial charge in [0, 0.05) is 22.7 Å². The molecule has 0 radical (unpaired) electrons. The van der Waals surface area contributed by atoms with E-state index in [2.05, 4.69) is 0 Å². The van der Waals surface area contributed by atoms with E-state index in [1.54, 1.807) is 0 Å². The average Bonchev–Trinajstić information content (AvgIpc) is 2.39. The Balaban J connectivity index is 2.35. The Hall–Kier alpha value is -0.710. The van der Waals surface area contributed by atoms with E-state index in [0.717, 1.165) is 0 Å². The summed E-state index contributed by atoms with van der Waals surface area (Å²) in [6, 6.07) is 4.20. The molecule has 1 heterocycles. The summed E-state index contributed by atoms with van der Waals surface area (Å²) in [5.41, 5.74) is 5.76. The SMILES string of the molecule is NC1CCN(S(=O)(=O)c2ccc(I)c(C(=O)O)c2)CC1. The summed E-state index contributed by atoms with van der Waals surface area (Å²) < 4.78 is 26.8. The lowest BCUT2D eigenvalue weighted by atomic mass is 10.1. The fourth-order valence-corrected chi connectivity index (χ4v) is 4.16. The van der Waals surface area contributed by atoms with E-state index in [1.165, 1.54) is 22.5 Å². The molecule has 8 heteroatoms. The number of hydrogen-bond acceptors (Lipinski definition) is 4. The molecule has 0 aromatic heterocycles. The van der Waals surface area contributed by atoms with Gasteiger partial charge >= 0.3 is 5.97 Å². The molecule has 1 fully saturated rings. The van der Waals surface area contributed by atoms with Crippen molar-refractivity contribution in [2.45, 2.75) is 23.8 Å². The Labute approximate surface area is 131 Å². The second-order valence-electron chi connectivity index (χ2n) is 4.69. The summed E-state index contributed by atoms with van der Waals surface area (Å²) in [6.07, 6.45) is 1.24. The highest BCUT2D eigenvalue weighted by Gasteiger charge is 2.29. The monoisotopic (exact) mass is 410 g/mol. The molecule has 1 aromatic carbocycles. The number of benzene rings is 1. The molecular weight excluding hydrogens is 395 g/mol. The van der Waals surface area contributed by atoms with Crippen LogP contribution in [0.2, 0.25) is 0 Å². The minimum Gasteiger partial charge on any atom is -0.478 e. The van der Waals surface area contributed by atoms with Crippen molar-refractivity contribution in [2.75, 3.05) is 13.1 Å². The first kappa shape index (κ1) is 15.7. The van der Waals surface area contributed by atoms with Crippen LogP contribution in [0.15, 0.2) is 23.1 Å². The maximum absolute atomic E-state index is 12.5. The van der Waals surface area contributed by atoms with Gasteiger partial charge < -0.3 is 10.8 Å². The van der Waals surface area contributed by atoms with Gasteiger partial charge in [0.05, 0.1) is 10.5 Å². The highest BCUT2D eigenvalue weighted by Crippen LogP contribution is 2.23. The first-order chi connectivity index (χ1) is 9.32. The van der Waals surface area contributed by atoms with Gasteiger partial charge in [-0.3, -0.25) is 0 Å². The molecule has 1 aliphatic heterocycles. The molecule has 3 N–H and O–H groups in total. The maximum atomic E-state index is 12.5. The number of rotatable bonds is 3. The van der Waals surface area contributed by atoms with Crippen LogP contribution in [0.5, 0.6) is 0 Å². The zero-order valence-corrected chi connectivity index (χ0v) is 13.6. The second kappa shape index (κ2) is 5.96. The third kappa shape index (κ3) is 3.13. The van der Waals surface area contributed by atoms with Crippen molar-refractivity contribution in [3.63, 3.8) is 0 Å². The fraction of sp³-hybridized carbons (Fsp3) is 0.417. The molecule has 0 saturated carbocycles. The molecule has 110 valence electrons. The minimum atomic E-state index is -3.65. The van der Waals surface area contributed by atoms with E-state index in [9.17, 15) is 13.2 Å². The fourth-order valence-electron chi connectivity index (χ4n) is 2.09. The highest BCUT2D eigenvalue weighted by atomic mass is 127. The Bertz CT molecular complexity index is 624. The largest absolute Gasteiger partial charge is 0.478 e. The zero-order chi connectivity index (χ0) is 14.9. The van der Waals surface area contributed by atoms with Gasteiger partial charge in [-0.25, -0.2) is 13.2 Å². The normalized spacial score (nSPS) is 18.1. The number of carboxylic acid groups (broad SMARTS) is 1. The number of nitrogens with zero attached hydrogens (tertiary/aromatic N) is 1. The third-order valence-electron chi connectivity index (χ3n) is 3.30. The van der Waals surface area contributed by atoms with Crippen LogP contribution in [0.3, 0.4) is 0 Å². The Morgan fingerprint density at radius 3 is 2.50 bits per heavy atom. The number of carboxylic acids is 1. The van der Waals surface area contributed by atoms with Crippen LogP contribution in [0.1, 0.15) is 23.2 Å². The van der Waals surface area contributed by atoms with Crippen LogP contribution >= 0.6 is 22.6 Å². The molecule has 0 unspecified atom stereocenters. The van der Waals surface area contributed by atoms with Crippen LogP contribution in [0, 0.1) is 3.57 Å². The second-order valence-corrected chi connectivity index (χ2v) is 7.79. The van der Waals surface area contributed by atoms with Crippen molar-refractivity contribution in [1.82, 2.24) is 4.31 Å². The summed E-state index contributed by atoms with van der Waals surface area (Å²) in [6.45, 7) is 0.746. The van der Waals surface area contributed by atoms with Gasteiger partial charge in [-0.15, -0.1) is 0 Å². The molecule has 0 bridgehead atoms. The maximum Gasteiger partial charge on any atom is 0.336 e. The first-order valence-corrected chi connectivity index (χ1v) is 8.63. The van der Waals surface area contributed by atoms with Crippen LogP contribution in [-0.2, 0) is 10.0 Å². The highest BCUT2D eigenvalue weighted by molar-refractivity contribution is 14.1. The predicted molar refractivity (Wildman–Crippen MR) is 82.1 cm³/mol. The smallest absolute Gasteiger partial charge is 0.336 e. The van der Waals surface area contributed by atoms with Crippen LogP contribution in [-0.4, -0.2) is 42.9 Å². The molecule has 2 rings (SSSR count). The van der Waals surface area contributed by atoms with Crippen molar-refractivity contribution in [1.29, 1.82) is 0 Å². The summed E-state index contributed by atoms with van der Waals surface area (Å²) in [5, 5.41) is 9.07. The lowest BCUT2D eigenvalue weighted by Crippen LogP contribution is -2.42. The van der Waals surface area contributed by atoms with Crippen molar-refractivity contribution in [2.24, 2.45) is 5.73 Å². The van der Waals surface area contributed by atoms with Crippen molar-refractivity contribution < 1.29 is 18.3 Å². The van der Waals surface area contributed by atoms with E-state index in [1.807, 2.05) is 22.6 Å². The Kier molecular flexibility index (Phi) is 4.67. The van der Waals surface area contributed by atoms with Gasteiger partial charge in [0.25, 0.3) is 0 Å². The Morgan fingerprint density at radius 1 is 1.35 bits per heavy atom. The number of carbonyl (C=O) groups is 1. The number of aromatic carboxylic acids is 1. The molecule has 1 aromatic rings. The molecule has 0 amide bonds. The molecule has 1 saturated heterocycles. The zero-order valence-electron chi connectivity index (χ0n) is 10.6. The topological polar surface area (TPSA) is 101 Å². The standard InChI is InChI=1S/C12H15IN2O4S/c13-11-2-1-9(7-10(11)12(16)17)20(18,19)15-5-3-8(14)4-6-15/h1-2,7-8H,3-6,14H2,(H,16,17). The number of sulfonamides is 1. The van der Waals surface area contributed by atoms with Crippen molar-refractivity contribution >= 4 is 38.6 Å². The van der Waals surface area contributed by atoms with Gasteiger partial charge in [0.2, 0.25) is 10.0 Å². The molecule has 1 aliphatic rings.